The third-order valence-corrected chi connectivity index (χ3v) is 5.35. The fraction of sp³-hybridized carbons (Fsp3) is 0.333. The maximum absolute atomic E-state index is 12.9. The van der Waals surface area contributed by atoms with E-state index >= 15 is 0 Å². The molecule has 0 radical (unpaired) electrons. The van der Waals surface area contributed by atoms with Crippen molar-refractivity contribution in [2.24, 2.45) is 0 Å². The molecular weight excluding hydrogens is 392 g/mol. The molecule has 3 rings (SSSR count). The topological polar surface area (TPSA) is 40.6 Å². The lowest BCUT2D eigenvalue weighted by molar-refractivity contribution is -0.124. The van der Waals surface area contributed by atoms with Crippen molar-refractivity contribution in [1.82, 2.24) is 4.90 Å². The Kier molecular flexibility index (Phi) is 5.47. The average molecular weight is 415 g/mol. The number of anilines is 1. The van der Waals surface area contributed by atoms with Gasteiger partial charge >= 0.3 is 0 Å². The van der Waals surface area contributed by atoms with Gasteiger partial charge in [-0.3, -0.25) is 9.59 Å². The molecule has 0 bridgehead atoms. The Hall–Kier alpha value is -2.14. The van der Waals surface area contributed by atoms with E-state index in [1.165, 1.54) is 5.56 Å². The molecule has 2 aromatic carbocycles. The van der Waals surface area contributed by atoms with E-state index in [2.05, 4.69) is 41.9 Å². The van der Waals surface area contributed by atoms with Gasteiger partial charge in [0.25, 0.3) is 5.91 Å². The van der Waals surface area contributed by atoms with Crippen molar-refractivity contribution in [3.05, 3.63) is 64.1 Å². The molecule has 136 valence electrons. The van der Waals surface area contributed by atoms with E-state index in [0.717, 1.165) is 10.2 Å². The predicted molar refractivity (Wildman–Crippen MR) is 108 cm³/mol. The summed E-state index contributed by atoms with van der Waals surface area (Å²) < 4.78 is 0.853. The summed E-state index contributed by atoms with van der Waals surface area (Å²) in [5.41, 5.74) is 2.73. The Morgan fingerprint density at radius 3 is 2.42 bits per heavy atom. The van der Waals surface area contributed by atoms with Gasteiger partial charge in [-0.15, -0.1) is 0 Å². The molecule has 0 saturated carbocycles. The summed E-state index contributed by atoms with van der Waals surface area (Å²) in [6.07, 6.45) is 0. The molecule has 0 aliphatic carbocycles. The van der Waals surface area contributed by atoms with Gasteiger partial charge in [0.1, 0.15) is 6.04 Å². The molecule has 2 aromatic rings. The van der Waals surface area contributed by atoms with Gasteiger partial charge in [0.05, 0.1) is 0 Å². The number of nitrogens with zero attached hydrogens (tertiary/aromatic N) is 2. The zero-order valence-electron chi connectivity index (χ0n) is 15.3. The van der Waals surface area contributed by atoms with Crippen molar-refractivity contribution in [2.45, 2.75) is 32.7 Å². The Morgan fingerprint density at radius 2 is 1.81 bits per heavy atom. The molecule has 1 atom stereocenters. The van der Waals surface area contributed by atoms with Gasteiger partial charge in [0.15, 0.2) is 0 Å². The number of amides is 2. The lowest BCUT2D eigenvalue weighted by Crippen LogP contribution is -2.57. The SMILES string of the molecule is CC(C)c1ccc(N2CCN(C(=O)c3cccc(Br)c3)[C@@H](C)C2=O)cc1. The number of carbonyl (C=O) groups excluding carboxylic acids is 2. The zero-order chi connectivity index (χ0) is 18.8. The van der Waals surface area contributed by atoms with Gasteiger partial charge in [-0.05, 0) is 48.7 Å². The van der Waals surface area contributed by atoms with E-state index in [1.807, 2.05) is 24.3 Å². The van der Waals surface area contributed by atoms with E-state index in [-0.39, 0.29) is 11.8 Å². The van der Waals surface area contributed by atoms with Crippen LogP contribution in [0.4, 0.5) is 5.69 Å². The summed E-state index contributed by atoms with van der Waals surface area (Å²) in [4.78, 5) is 29.1. The van der Waals surface area contributed by atoms with Crippen molar-refractivity contribution >= 4 is 33.4 Å². The smallest absolute Gasteiger partial charge is 0.254 e. The number of halogens is 1. The molecule has 0 N–H and O–H groups in total. The number of hydrogen-bond acceptors (Lipinski definition) is 2. The van der Waals surface area contributed by atoms with Crippen molar-refractivity contribution in [2.75, 3.05) is 18.0 Å². The Morgan fingerprint density at radius 1 is 1.12 bits per heavy atom. The third kappa shape index (κ3) is 3.68. The molecule has 5 heteroatoms. The zero-order valence-corrected chi connectivity index (χ0v) is 16.9. The molecule has 1 aliphatic heterocycles. The van der Waals surface area contributed by atoms with Crippen molar-refractivity contribution < 1.29 is 9.59 Å². The third-order valence-electron chi connectivity index (χ3n) is 4.86. The fourth-order valence-electron chi connectivity index (χ4n) is 3.23. The quantitative estimate of drug-likeness (QED) is 0.743. The molecular formula is C21H23BrN2O2. The van der Waals surface area contributed by atoms with Crippen LogP contribution >= 0.6 is 15.9 Å². The first-order valence-corrected chi connectivity index (χ1v) is 9.65. The highest BCUT2D eigenvalue weighted by atomic mass is 79.9. The summed E-state index contributed by atoms with van der Waals surface area (Å²) in [7, 11) is 0. The maximum Gasteiger partial charge on any atom is 0.254 e. The van der Waals surface area contributed by atoms with Crippen LogP contribution in [0.2, 0.25) is 0 Å². The highest BCUT2D eigenvalue weighted by Crippen LogP contribution is 2.24. The van der Waals surface area contributed by atoms with Crippen LogP contribution in [-0.4, -0.2) is 35.8 Å². The summed E-state index contributed by atoms with van der Waals surface area (Å²) in [6, 6.07) is 14.9. The molecule has 26 heavy (non-hydrogen) atoms. The maximum atomic E-state index is 12.9. The predicted octanol–water partition coefficient (Wildman–Crippen LogP) is 4.45. The lowest BCUT2D eigenvalue weighted by atomic mass is 10.0. The molecule has 0 unspecified atom stereocenters. The van der Waals surface area contributed by atoms with Gasteiger partial charge in [-0.25, -0.2) is 0 Å². The first kappa shape index (κ1) is 18.6. The lowest BCUT2D eigenvalue weighted by Gasteiger charge is -2.39. The van der Waals surface area contributed by atoms with E-state index in [0.29, 0.717) is 24.6 Å². The summed E-state index contributed by atoms with van der Waals surface area (Å²) in [5, 5.41) is 0. The Balaban J connectivity index is 1.77. The van der Waals surface area contributed by atoms with Gasteiger partial charge in [-0.2, -0.15) is 0 Å². The molecule has 1 heterocycles. The minimum Gasteiger partial charge on any atom is -0.325 e. The van der Waals surface area contributed by atoms with Crippen LogP contribution in [0.25, 0.3) is 0 Å². The van der Waals surface area contributed by atoms with E-state index in [4.69, 9.17) is 0 Å². The number of piperazine rings is 1. The van der Waals surface area contributed by atoms with Crippen LogP contribution in [0.3, 0.4) is 0 Å². The average Bonchev–Trinajstić information content (AvgIpc) is 2.63. The largest absolute Gasteiger partial charge is 0.325 e. The summed E-state index contributed by atoms with van der Waals surface area (Å²) >= 11 is 3.39. The monoisotopic (exact) mass is 414 g/mol. The van der Waals surface area contributed by atoms with Crippen molar-refractivity contribution in [1.29, 1.82) is 0 Å². The molecule has 1 fully saturated rings. The first-order chi connectivity index (χ1) is 12.4. The summed E-state index contributed by atoms with van der Waals surface area (Å²) in [5.74, 6) is 0.303. The van der Waals surface area contributed by atoms with Crippen molar-refractivity contribution in [3.8, 4) is 0 Å². The fourth-order valence-corrected chi connectivity index (χ4v) is 3.63. The number of carbonyl (C=O) groups is 2. The molecule has 0 spiro atoms. The van der Waals surface area contributed by atoms with Crippen LogP contribution in [0, 0.1) is 0 Å². The Bertz CT molecular complexity index is 817. The molecule has 0 aromatic heterocycles. The van der Waals surface area contributed by atoms with Crippen LogP contribution in [0.1, 0.15) is 42.6 Å². The second-order valence-electron chi connectivity index (χ2n) is 6.92. The van der Waals surface area contributed by atoms with Crippen LogP contribution in [0.15, 0.2) is 53.0 Å². The minimum absolute atomic E-state index is 0.0445. The summed E-state index contributed by atoms with van der Waals surface area (Å²) in [6.45, 7) is 7.12. The van der Waals surface area contributed by atoms with Gasteiger partial charge in [0.2, 0.25) is 5.91 Å². The van der Waals surface area contributed by atoms with Crippen LogP contribution in [0.5, 0.6) is 0 Å². The number of rotatable bonds is 3. The molecule has 1 saturated heterocycles. The number of benzene rings is 2. The molecule has 4 nitrogen and oxygen atoms in total. The van der Waals surface area contributed by atoms with Crippen molar-refractivity contribution in [3.63, 3.8) is 0 Å². The van der Waals surface area contributed by atoms with E-state index < -0.39 is 6.04 Å². The Labute approximate surface area is 162 Å². The normalized spacial score (nSPS) is 17.7. The van der Waals surface area contributed by atoms with Crippen LogP contribution in [-0.2, 0) is 4.79 Å². The van der Waals surface area contributed by atoms with E-state index in [1.54, 1.807) is 28.9 Å². The minimum atomic E-state index is -0.486. The van der Waals surface area contributed by atoms with Gasteiger partial charge in [-0.1, -0.05) is 48.0 Å². The molecule has 1 aliphatic rings. The number of hydrogen-bond donors (Lipinski definition) is 0. The second kappa shape index (κ2) is 7.62. The first-order valence-electron chi connectivity index (χ1n) is 8.86. The highest BCUT2D eigenvalue weighted by molar-refractivity contribution is 9.10. The van der Waals surface area contributed by atoms with Gasteiger partial charge < -0.3 is 9.80 Å². The molecule has 2 amide bonds. The second-order valence-corrected chi connectivity index (χ2v) is 7.84. The van der Waals surface area contributed by atoms with Gasteiger partial charge in [0, 0.05) is 28.8 Å². The van der Waals surface area contributed by atoms with Crippen LogP contribution < -0.4 is 4.90 Å². The highest BCUT2D eigenvalue weighted by Gasteiger charge is 2.35. The standard InChI is InChI=1S/C21H23BrN2O2/c1-14(2)16-7-9-19(10-8-16)24-12-11-23(15(3)20(24)25)21(26)17-5-4-6-18(22)13-17/h4-10,13-15H,11-12H2,1-3H3/t15-/m0/s1. The van der Waals surface area contributed by atoms with E-state index in [9.17, 15) is 9.59 Å².